The maximum Gasteiger partial charge on any atom is 0.0766 e. The molecule has 1 saturated heterocycles. The van der Waals surface area contributed by atoms with E-state index in [0.29, 0.717) is 0 Å². The van der Waals surface area contributed by atoms with Crippen LogP contribution in [0.15, 0.2) is 4.47 Å². The smallest absolute Gasteiger partial charge is 0.0766 e. The Balaban J connectivity index is 2.24. The van der Waals surface area contributed by atoms with Crippen molar-refractivity contribution in [3.63, 3.8) is 0 Å². The van der Waals surface area contributed by atoms with Crippen LogP contribution in [0.4, 0.5) is 0 Å². The van der Waals surface area contributed by atoms with Gasteiger partial charge in [-0.3, -0.25) is 4.68 Å². The lowest BCUT2D eigenvalue weighted by Crippen LogP contribution is -2.41. The molecule has 18 heavy (non-hydrogen) atoms. The molecule has 0 radical (unpaired) electrons. The molecule has 1 aliphatic rings. The van der Waals surface area contributed by atoms with E-state index in [2.05, 4.69) is 33.3 Å². The highest BCUT2D eigenvalue weighted by Crippen LogP contribution is 2.35. The summed E-state index contributed by atoms with van der Waals surface area (Å²) in [6.45, 7) is 4.37. The molecule has 0 aliphatic carbocycles. The summed E-state index contributed by atoms with van der Waals surface area (Å²) < 4.78 is 3.08. The Morgan fingerprint density at radius 2 is 2.11 bits per heavy atom. The van der Waals surface area contributed by atoms with Gasteiger partial charge in [-0.15, -0.1) is 0 Å². The Labute approximate surface area is 117 Å². The average Bonchev–Trinajstić information content (AvgIpc) is 2.67. The van der Waals surface area contributed by atoms with E-state index in [0.717, 1.165) is 48.9 Å². The fourth-order valence-corrected chi connectivity index (χ4v) is 3.47. The van der Waals surface area contributed by atoms with Crippen LogP contribution in [-0.2, 0) is 19.9 Å². The van der Waals surface area contributed by atoms with E-state index in [1.807, 2.05) is 11.7 Å². The number of nitrogens with zero attached hydrogens (tertiary/aromatic N) is 2. The zero-order valence-electron chi connectivity index (χ0n) is 11.2. The molecule has 4 nitrogen and oxygen atoms in total. The average molecular weight is 316 g/mol. The monoisotopic (exact) mass is 315 g/mol. The molecular formula is C13H22BrN3O. The summed E-state index contributed by atoms with van der Waals surface area (Å²) in [7, 11) is 1.99. The zero-order valence-corrected chi connectivity index (χ0v) is 12.8. The van der Waals surface area contributed by atoms with Crippen LogP contribution < -0.4 is 5.32 Å². The van der Waals surface area contributed by atoms with Crippen LogP contribution in [0.25, 0.3) is 0 Å². The van der Waals surface area contributed by atoms with Crippen molar-refractivity contribution in [2.75, 3.05) is 19.7 Å². The van der Waals surface area contributed by atoms with Gasteiger partial charge in [-0.2, -0.15) is 5.10 Å². The van der Waals surface area contributed by atoms with E-state index in [4.69, 9.17) is 0 Å². The van der Waals surface area contributed by atoms with Crippen LogP contribution in [-0.4, -0.2) is 34.6 Å². The van der Waals surface area contributed by atoms with Gasteiger partial charge < -0.3 is 10.4 Å². The van der Waals surface area contributed by atoms with E-state index >= 15 is 0 Å². The minimum atomic E-state index is 0.0204. The van der Waals surface area contributed by atoms with Gasteiger partial charge in [0.05, 0.1) is 15.9 Å². The molecule has 1 aromatic rings. The second kappa shape index (κ2) is 5.72. The normalized spacial score (nSPS) is 19.1. The number of halogens is 1. The van der Waals surface area contributed by atoms with Crippen molar-refractivity contribution >= 4 is 15.9 Å². The number of aromatic nitrogens is 2. The minimum Gasteiger partial charge on any atom is -0.396 e. The third kappa shape index (κ3) is 2.63. The first-order valence-electron chi connectivity index (χ1n) is 6.64. The molecule has 102 valence electrons. The van der Waals surface area contributed by atoms with Crippen molar-refractivity contribution in [3.8, 4) is 0 Å². The van der Waals surface area contributed by atoms with Crippen molar-refractivity contribution in [3.05, 3.63) is 15.9 Å². The molecule has 1 aliphatic heterocycles. The van der Waals surface area contributed by atoms with Gasteiger partial charge in [0, 0.05) is 19.1 Å². The third-order valence-corrected chi connectivity index (χ3v) is 4.96. The Morgan fingerprint density at radius 1 is 1.44 bits per heavy atom. The number of hydrogen-bond acceptors (Lipinski definition) is 3. The summed E-state index contributed by atoms with van der Waals surface area (Å²) in [5.74, 6) is 0. The molecule has 0 atom stereocenters. The fourth-order valence-electron chi connectivity index (χ4n) is 2.71. The standard InChI is InChI=1S/C13H22BrN3O/c1-3-10-12(14)11(17(2)16-10)8-13(9-18)4-6-15-7-5-13/h15,18H,3-9H2,1-2H3. The molecule has 2 rings (SSSR count). The first kappa shape index (κ1) is 14.0. The number of hydrogen-bond donors (Lipinski definition) is 2. The van der Waals surface area contributed by atoms with Gasteiger partial charge in [-0.25, -0.2) is 0 Å². The molecule has 0 unspecified atom stereocenters. The van der Waals surface area contributed by atoms with E-state index < -0.39 is 0 Å². The molecule has 2 N–H and O–H groups in total. The second-order valence-corrected chi connectivity index (χ2v) is 6.06. The van der Waals surface area contributed by atoms with Crippen molar-refractivity contribution in [1.29, 1.82) is 0 Å². The van der Waals surface area contributed by atoms with E-state index in [1.54, 1.807) is 0 Å². The van der Waals surface area contributed by atoms with Crippen LogP contribution in [0.3, 0.4) is 0 Å². The maximum atomic E-state index is 9.78. The van der Waals surface area contributed by atoms with E-state index in [-0.39, 0.29) is 12.0 Å². The first-order chi connectivity index (χ1) is 8.62. The fraction of sp³-hybridized carbons (Fsp3) is 0.769. The van der Waals surface area contributed by atoms with Crippen LogP contribution >= 0.6 is 15.9 Å². The third-order valence-electron chi connectivity index (χ3n) is 4.05. The quantitative estimate of drug-likeness (QED) is 0.888. The lowest BCUT2D eigenvalue weighted by atomic mass is 9.76. The van der Waals surface area contributed by atoms with Crippen LogP contribution in [0, 0.1) is 5.41 Å². The molecule has 2 heterocycles. The van der Waals surface area contributed by atoms with Gasteiger partial charge in [0.2, 0.25) is 0 Å². The van der Waals surface area contributed by atoms with Crippen molar-refractivity contribution in [1.82, 2.24) is 15.1 Å². The van der Waals surface area contributed by atoms with Crippen molar-refractivity contribution in [2.45, 2.75) is 32.6 Å². The van der Waals surface area contributed by atoms with Gasteiger partial charge in [-0.05, 0) is 54.7 Å². The summed E-state index contributed by atoms with van der Waals surface area (Å²) in [5, 5.41) is 17.7. The highest BCUT2D eigenvalue weighted by Gasteiger charge is 2.33. The maximum absolute atomic E-state index is 9.78. The highest BCUT2D eigenvalue weighted by atomic mass is 79.9. The minimum absolute atomic E-state index is 0.0204. The molecule has 0 amide bonds. The lowest BCUT2D eigenvalue weighted by molar-refractivity contribution is 0.0872. The van der Waals surface area contributed by atoms with Gasteiger partial charge in [0.15, 0.2) is 0 Å². The number of nitrogens with one attached hydrogen (secondary N) is 1. The Kier molecular flexibility index (Phi) is 4.45. The summed E-state index contributed by atoms with van der Waals surface area (Å²) in [6, 6.07) is 0. The number of aliphatic hydroxyl groups excluding tert-OH is 1. The largest absolute Gasteiger partial charge is 0.396 e. The summed E-state index contributed by atoms with van der Waals surface area (Å²) in [5.41, 5.74) is 2.34. The first-order valence-corrected chi connectivity index (χ1v) is 7.43. The molecule has 0 spiro atoms. The number of rotatable bonds is 4. The predicted molar refractivity (Wildman–Crippen MR) is 75.6 cm³/mol. The molecule has 0 bridgehead atoms. The lowest BCUT2D eigenvalue weighted by Gasteiger charge is -2.36. The Hall–Kier alpha value is -0.390. The molecule has 5 heteroatoms. The summed E-state index contributed by atoms with van der Waals surface area (Å²) in [6.07, 6.45) is 3.89. The van der Waals surface area contributed by atoms with E-state index in [1.165, 1.54) is 5.69 Å². The molecule has 0 saturated carbocycles. The molecule has 1 fully saturated rings. The zero-order chi connectivity index (χ0) is 13.2. The van der Waals surface area contributed by atoms with Crippen LogP contribution in [0.5, 0.6) is 0 Å². The second-order valence-electron chi connectivity index (χ2n) is 5.27. The van der Waals surface area contributed by atoms with Crippen molar-refractivity contribution in [2.24, 2.45) is 12.5 Å². The van der Waals surface area contributed by atoms with Crippen molar-refractivity contribution < 1.29 is 5.11 Å². The van der Waals surface area contributed by atoms with Gasteiger partial charge in [-0.1, -0.05) is 6.92 Å². The SMILES string of the molecule is CCc1nn(C)c(CC2(CO)CCNCC2)c1Br. The number of aliphatic hydroxyl groups is 1. The van der Waals surface area contributed by atoms with E-state index in [9.17, 15) is 5.11 Å². The number of aryl methyl sites for hydroxylation is 2. The predicted octanol–water partition coefficient (Wildman–Crippen LogP) is 1.65. The Morgan fingerprint density at radius 3 is 2.61 bits per heavy atom. The van der Waals surface area contributed by atoms with Gasteiger partial charge in [0.25, 0.3) is 0 Å². The molecule has 1 aromatic heterocycles. The highest BCUT2D eigenvalue weighted by molar-refractivity contribution is 9.10. The van der Waals surface area contributed by atoms with Gasteiger partial charge in [0.1, 0.15) is 0 Å². The van der Waals surface area contributed by atoms with Crippen LogP contribution in [0.2, 0.25) is 0 Å². The van der Waals surface area contributed by atoms with Gasteiger partial charge >= 0.3 is 0 Å². The Bertz CT molecular complexity index is 411. The molecule has 0 aromatic carbocycles. The number of piperidine rings is 1. The topological polar surface area (TPSA) is 50.1 Å². The summed E-state index contributed by atoms with van der Waals surface area (Å²) >= 11 is 3.66. The molecular weight excluding hydrogens is 294 g/mol. The van der Waals surface area contributed by atoms with Crippen LogP contribution in [0.1, 0.15) is 31.2 Å². The summed E-state index contributed by atoms with van der Waals surface area (Å²) in [4.78, 5) is 0.